The molecule has 1 unspecified atom stereocenters. The highest BCUT2D eigenvalue weighted by atomic mass is 32.2. The van der Waals surface area contributed by atoms with Crippen LogP contribution in [0.2, 0.25) is 0 Å². The lowest BCUT2D eigenvalue weighted by Gasteiger charge is -2.16. The lowest BCUT2D eigenvalue weighted by molar-refractivity contribution is 0.102. The van der Waals surface area contributed by atoms with Crippen LogP contribution in [-0.4, -0.2) is 38.1 Å². The van der Waals surface area contributed by atoms with E-state index in [9.17, 15) is 9.90 Å². The number of phenolic OH excluding ortho intramolecular Hbond substituents is 1. The molecule has 1 amide bonds. The maximum Gasteiger partial charge on any atom is 0.258 e. The molecule has 194 valence electrons. The lowest BCUT2D eigenvalue weighted by atomic mass is 10.1. The third kappa shape index (κ3) is 6.84. The van der Waals surface area contributed by atoms with Gasteiger partial charge in [-0.25, -0.2) is 15.0 Å². The van der Waals surface area contributed by atoms with Crippen molar-refractivity contribution in [1.29, 1.82) is 0 Å². The summed E-state index contributed by atoms with van der Waals surface area (Å²) in [5.74, 6) is 1.27. The number of benzene rings is 2. The Balaban J connectivity index is 1.41. The van der Waals surface area contributed by atoms with Crippen LogP contribution in [-0.2, 0) is 6.54 Å². The van der Waals surface area contributed by atoms with Crippen molar-refractivity contribution in [2.24, 2.45) is 0 Å². The van der Waals surface area contributed by atoms with E-state index in [0.717, 1.165) is 11.1 Å². The van der Waals surface area contributed by atoms with Crippen LogP contribution < -0.4 is 20.1 Å². The second kappa shape index (κ2) is 12.7. The van der Waals surface area contributed by atoms with Crippen molar-refractivity contribution in [3.8, 4) is 22.8 Å². The minimum Gasteiger partial charge on any atom is -0.504 e. The van der Waals surface area contributed by atoms with Gasteiger partial charge in [-0.1, -0.05) is 30.7 Å². The molecule has 0 radical (unpaired) electrons. The standard InChI is InChI=1S/C27H27N7O3S/c1-4-38-31-16-25-29-12-20(13-30-25)27(36)33-21-7-5-6-18(10-21)17(2)32-26-15-28-14-22(34-26)19-8-9-23(35)24(11-19)37-3/h4-15,17,31,35H,1,16H2,2-3H3,(H,32,34)(H,33,36). The van der Waals surface area contributed by atoms with Crippen molar-refractivity contribution in [1.82, 2.24) is 24.7 Å². The summed E-state index contributed by atoms with van der Waals surface area (Å²) in [5.41, 5.74) is 3.34. The van der Waals surface area contributed by atoms with E-state index in [1.807, 2.05) is 31.2 Å². The number of carbonyl (C=O) groups is 1. The average molecular weight is 530 g/mol. The highest BCUT2D eigenvalue weighted by molar-refractivity contribution is 8.00. The molecule has 0 fully saturated rings. The lowest BCUT2D eigenvalue weighted by Crippen LogP contribution is -2.15. The van der Waals surface area contributed by atoms with Gasteiger partial charge in [-0.2, -0.15) is 0 Å². The Hall–Kier alpha value is -4.48. The fourth-order valence-electron chi connectivity index (χ4n) is 3.53. The summed E-state index contributed by atoms with van der Waals surface area (Å²) in [6.45, 7) is 6.07. The van der Waals surface area contributed by atoms with E-state index in [1.165, 1.54) is 31.5 Å². The van der Waals surface area contributed by atoms with Gasteiger partial charge in [0.05, 0.1) is 43.3 Å². The monoisotopic (exact) mass is 529 g/mol. The number of carbonyl (C=O) groups excluding carboxylic acids is 1. The number of nitrogens with one attached hydrogen (secondary N) is 3. The Morgan fingerprint density at radius 2 is 1.97 bits per heavy atom. The van der Waals surface area contributed by atoms with Crippen LogP contribution >= 0.6 is 11.9 Å². The molecule has 0 aliphatic carbocycles. The predicted octanol–water partition coefficient (Wildman–Crippen LogP) is 4.95. The molecule has 2 aromatic heterocycles. The van der Waals surface area contributed by atoms with Gasteiger partial charge in [-0.05, 0) is 48.2 Å². The normalized spacial score (nSPS) is 11.4. The molecule has 0 saturated heterocycles. The van der Waals surface area contributed by atoms with Crippen LogP contribution in [0.5, 0.6) is 11.5 Å². The van der Waals surface area contributed by atoms with Gasteiger partial charge in [0.25, 0.3) is 5.91 Å². The van der Waals surface area contributed by atoms with Crippen molar-refractivity contribution in [2.75, 3.05) is 17.7 Å². The molecule has 0 bridgehead atoms. The fourth-order valence-corrected chi connectivity index (χ4v) is 3.86. The molecule has 4 aromatic rings. The molecule has 1 atom stereocenters. The number of methoxy groups -OCH3 is 1. The van der Waals surface area contributed by atoms with Crippen molar-refractivity contribution in [3.63, 3.8) is 0 Å². The summed E-state index contributed by atoms with van der Waals surface area (Å²) in [5, 5.41) is 17.8. The summed E-state index contributed by atoms with van der Waals surface area (Å²) < 4.78 is 8.23. The quantitative estimate of drug-likeness (QED) is 0.156. The zero-order valence-corrected chi connectivity index (χ0v) is 21.7. The minimum absolute atomic E-state index is 0.0550. The first kappa shape index (κ1) is 26.6. The number of hydrogen-bond donors (Lipinski definition) is 4. The highest BCUT2D eigenvalue weighted by Gasteiger charge is 2.12. The SMILES string of the molecule is C=CSNCc1ncc(C(=O)Nc2cccc(C(C)Nc3cncc(-c4ccc(O)c(OC)c4)n3)c2)cn1. The molecule has 2 aromatic carbocycles. The predicted molar refractivity (Wildman–Crippen MR) is 149 cm³/mol. The Morgan fingerprint density at radius 1 is 1.16 bits per heavy atom. The van der Waals surface area contributed by atoms with Gasteiger partial charge in [-0.15, -0.1) is 0 Å². The molecule has 10 nitrogen and oxygen atoms in total. The molecule has 0 spiro atoms. The summed E-state index contributed by atoms with van der Waals surface area (Å²) >= 11 is 1.35. The number of amides is 1. The van der Waals surface area contributed by atoms with Crippen LogP contribution in [0.15, 0.2) is 79.2 Å². The molecule has 38 heavy (non-hydrogen) atoms. The molecular formula is C27H27N7O3S. The first-order valence-corrected chi connectivity index (χ1v) is 12.5. The van der Waals surface area contributed by atoms with Gasteiger partial charge >= 0.3 is 0 Å². The van der Waals surface area contributed by atoms with E-state index in [2.05, 4.69) is 41.9 Å². The van der Waals surface area contributed by atoms with Crippen molar-refractivity contribution in [3.05, 3.63) is 96.2 Å². The van der Waals surface area contributed by atoms with Crippen molar-refractivity contribution >= 4 is 29.4 Å². The van der Waals surface area contributed by atoms with E-state index in [-0.39, 0.29) is 17.7 Å². The number of ether oxygens (including phenoxy) is 1. The Bertz CT molecular complexity index is 1420. The average Bonchev–Trinajstić information content (AvgIpc) is 2.94. The van der Waals surface area contributed by atoms with E-state index in [0.29, 0.717) is 40.9 Å². The molecule has 2 heterocycles. The summed E-state index contributed by atoms with van der Waals surface area (Å²) in [7, 11) is 1.49. The largest absolute Gasteiger partial charge is 0.504 e. The zero-order chi connectivity index (χ0) is 26.9. The number of phenols is 1. The minimum atomic E-state index is -0.300. The second-order valence-corrected chi connectivity index (χ2v) is 8.97. The molecule has 4 rings (SSSR count). The smallest absolute Gasteiger partial charge is 0.258 e. The second-order valence-electron chi connectivity index (χ2n) is 8.12. The maximum atomic E-state index is 12.7. The summed E-state index contributed by atoms with van der Waals surface area (Å²) in [6.07, 6.45) is 6.28. The van der Waals surface area contributed by atoms with Crippen molar-refractivity contribution in [2.45, 2.75) is 19.5 Å². The van der Waals surface area contributed by atoms with Crippen LogP contribution in [0.25, 0.3) is 11.3 Å². The molecule has 0 aliphatic heterocycles. The van der Waals surface area contributed by atoms with Gasteiger partial charge < -0.3 is 20.5 Å². The maximum absolute atomic E-state index is 12.7. The number of aromatic hydroxyl groups is 1. The third-order valence-electron chi connectivity index (χ3n) is 5.48. The van der Waals surface area contributed by atoms with E-state index < -0.39 is 0 Å². The van der Waals surface area contributed by atoms with Gasteiger partial charge in [0.1, 0.15) is 11.6 Å². The summed E-state index contributed by atoms with van der Waals surface area (Å²) in [6, 6.07) is 12.4. The Kier molecular flexibility index (Phi) is 8.85. The molecule has 0 aliphatic rings. The first-order valence-electron chi connectivity index (χ1n) is 11.6. The number of hydrogen-bond acceptors (Lipinski definition) is 10. The first-order chi connectivity index (χ1) is 18.5. The Morgan fingerprint density at radius 3 is 2.74 bits per heavy atom. The molecule has 4 N–H and O–H groups in total. The van der Waals surface area contributed by atoms with Crippen LogP contribution in [0.3, 0.4) is 0 Å². The highest BCUT2D eigenvalue weighted by Crippen LogP contribution is 2.31. The molecular weight excluding hydrogens is 502 g/mol. The van der Waals surface area contributed by atoms with Crippen LogP contribution in [0.1, 0.15) is 34.7 Å². The zero-order valence-electron chi connectivity index (χ0n) is 20.9. The van der Waals surface area contributed by atoms with Gasteiger partial charge in [0.2, 0.25) is 0 Å². The van der Waals surface area contributed by atoms with E-state index in [1.54, 1.807) is 36.0 Å². The van der Waals surface area contributed by atoms with Gasteiger partial charge in [-0.3, -0.25) is 14.5 Å². The van der Waals surface area contributed by atoms with Gasteiger partial charge in [0.15, 0.2) is 11.5 Å². The van der Waals surface area contributed by atoms with Crippen LogP contribution in [0, 0.1) is 0 Å². The fraction of sp³-hybridized carbons (Fsp3) is 0.148. The molecule has 0 saturated carbocycles. The third-order valence-corrected chi connectivity index (χ3v) is 5.96. The number of rotatable bonds is 11. The van der Waals surface area contributed by atoms with E-state index >= 15 is 0 Å². The van der Waals surface area contributed by atoms with Crippen molar-refractivity contribution < 1.29 is 14.6 Å². The number of nitrogens with zero attached hydrogens (tertiary/aromatic N) is 4. The number of aromatic nitrogens is 4. The topological polar surface area (TPSA) is 134 Å². The number of anilines is 2. The Labute approximate surface area is 224 Å². The van der Waals surface area contributed by atoms with E-state index in [4.69, 9.17) is 4.74 Å². The van der Waals surface area contributed by atoms with Gasteiger partial charge in [0, 0.05) is 23.6 Å². The van der Waals surface area contributed by atoms with Crippen LogP contribution in [0.4, 0.5) is 11.5 Å². The summed E-state index contributed by atoms with van der Waals surface area (Å²) in [4.78, 5) is 30.1. The molecule has 11 heteroatoms.